The highest BCUT2D eigenvalue weighted by Crippen LogP contribution is 2.15. The van der Waals surface area contributed by atoms with Crippen LogP contribution in [0.5, 0.6) is 0 Å². The Morgan fingerprint density at radius 2 is 1.88 bits per heavy atom. The van der Waals surface area contributed by atoms with Crippen molar-refractivity contribution in [2.24, 2.45) is 10.9 Å². The van der Waals surface area contributed by atoms with Gasteiger partial charge in [0.05, 0.1) is 12.2 Å². The Morgan fingerprint density at radius 3 is 2.47 bits per heavy atom. The minimum Gasteiger partial charge on any atom is -0.372 e. The predicted molar refractivity (Wildman–Crippen MR) is 143 cm³/mol. The Labute approximate surface area is 212 Å². The summed E-state index contributed by atoms with van der Waals surface area (Å²) in [6, 6.07) is 12.1. The van der Waals surface area contributed by atoms with Gasteiger partial charge < -0.3 is 20.3 Å². The van der Waals surface area contributed by atoms with Gasteiger partial charge in [-0.15, -0.1) is 35.3 Å². The Hall–Kier alpha value is -1.65. The molecule has 1 saturated heterocycles. The van der Waals surface area contributed by atoms with Crippen LogP contribution in [-0.4, -0.2) is 55.7 Å². The SMILES string of the molecule is CN=C(NCc1ccc(C(=O)N2CC(C)OC(C)C2)cc1)NCC(C)Cc1cccs1.I. The summed E-state index contributed by atoms with van der Waals surface area (Å²) in [6.45, 7) is 9.05. The van der Waals surface area contributed by atoms with E-state index in [4.69, 9.17) is 4.74 Å². The first-order valence-corrected chi connectivity index (χ1v) is 11.8. The number of rotatable bonds is 7. The maximum absolute atomic E-state index is 12.8. The molecule has 1 aromatic heterocycles. The van der Waals surface area contributed by atoms with Gasteiger partial charge in [-0.2, -0.15) is 0 Å². The number of carbonyl (C=O) groups excluding carboxylic acids is 1. The Kier molecular flexibility index (Phi) is 10.9. The third-order valence-corrected chi connectivity index (χ3v) is 6.24. The molecule has 3 unspecified atom stereocenters. The second-order valence-electron chi connectivity index (χ2n) is 8.36. The first kappa shape index (κ1) is 26.6. The average molecular weight is 571 g/mol. The Bertz CT molecular complexity index is 847. The van der Waals surface area contributed by atoms with Crippen molar-refractivity contribution in [3.8, 4) is 0 Å². The highest BCUT2D eigenvalue weighted by atomic mass is 127. The van der Waals surface area contributed by atoms with Crippen molar-refractivity contribution in [1.29, 1.82) is 0 Å². The number of halogens is 1. The maximum atomic E-state index is 12.8. The van der Waals surface area contributed by atoms with Crippen molar-refractivity contribution in [2.75, 3.05) is 26.7 Å². The molecule has 1 amide bonds. The van der Waals surface area contributed by atoms with Gasteiger partial charge in [0.2, 0.25) is 0 Å². The summed E-state index contributed by atoms with van der Waals surface area (Å²) < 4.78 is 5.73. The van der Waals surface area contributed by atoms with E-state index in [1.807, 2.05) is 43.0 Å². The van der Waals surface area contributed by atoms with Gasteiger partial charge in [0.15, 0.2) is 5.96 Å². The van der Waals surface area contributed by atoms with E-state index < -0.39 is 0 Å². The number of nitrogens with one attached hydrogen (secondary N) is 2. The molecule has 0 bridgehead atoms. The van der Waals surface area contributed by atoms with Crippen LogP contribution in [0.2, 0.25) is 0 Å². The van der Waals surface area contributed by atoms with Crippen LogP contribution >= 0.6 is 35.3 Å². The number of aliphatic imine (C=N–C) groups is 1. The van der Waals surface area contributed by atoms with Crippen molar-refractivity contribution in [3.63, 3.8) is 0 Å². The molecular weight excluding hydrogens is 535 g/mol. The Balaban J connectivity index is 0.00000363. The molecule has 3 atom stereocenters. The third kappa shape index (κ3) is 8.04. The quantitative estimate of drug-likeness (QED) is 0.298. The molecule has 1 aliphatic heterocycles. The molecule has 2 aromatic rings. The van der Waals surface area contributed by atoms with Crippen LogP contribution in [0, 0.1) is 5.92 Å². The molecule has 32 heavy (non-hydrogen) atoms. The molecule has 0 radical (unpaired) electrons. The molecular formula is C24H35IN4O2S. The van der Waals surface area contributed by atoms with Crippen LogP contribution in [0.15, 0.2) is 46.8 Å². The molecule has 6 nitrogen and oxygen atoms in total. The lowest BCUT2D eigenvalue weighted by Gasteiger charge is -2.35. The highest BCUT2D eigenvalue weighted by molar-refractivity contribution is 14.0. The summed E-state index contributed by atoms with van der Waals surface area (Å²) >= 11 is 1.80. The number of benzene rings is 1. The van der Waals surface area contributed by atoms with Gasteiger partial charge >= 0.3 is 0 Å². The first-order chi connectivity index (χ1) is 14.9. The summed E-state index contributed by atoms with van der Waals surface area (Å²) in [7, 11) is 1.78. The maximum Gasteiger partial charge on any atom is 0.254 e. The third-order valence-electron chi connectivity index (χ3n) is 5.34. The molecule has 2 heterocycles. The van der Waals surface area contributed by atoms with Gasteiger partial charge in [-0.3, -0.25) is 9.79 Å². The van der Waals surface area contributed by atoms with Crippen LogP contribution in [0.25, 0.3) is 0 Å². The predicted octanol–water partition coefficient (Wildman–Crippen LogP) is 4.16. The lowest BCUT2D eigenvalue weighted by Crippen LogP contribution is -2.48. The fraction of sp³-hybridized carbons (Fsp3) is 0.500. The largest absolute Gasteiger partial charge is 0.372 e. The van der Waals surface area contributed by atoms with Crippen LogP contribution < -0.4 is 10.6 Å². The molecule has 176 valence electrons. The number of morpholine rings is 1. The van der Waals surface area contributed by atoms with E-state index in [0.717, 1.165) is 30.1 Å². The second kappa shape index (κ2) is 13.2. The van der Waals surface area contributed by atoms with E-state index in [1.54, 1.807) is 18.4 Å². The summed E-state index contributed by atoms with van der Waals surface area (Å²) in [4.78, 5) is 20.4. The van der Waals surface area contributed by atoms with Gasteiger partial charge in [0.25, 0.3) is 5.91 Å². The number of ether oxygens (including phenoxy) is 1. The molecule has 0 spiro atoms. The molecule has 0 aliphatic carbocycles. The van der Waals surface area contributed by atoms with Crippen molar-refractivity contribution in [3.05, 3.63) is 57.8 Å². The molecule has 3 rings (SSSR count). The smallest absolute Gasteiger partial charge is 0.254 e. The van der Waals surface area contributed by atoms with Crippen molar-refractivity contribution in [1.82, 2.24) is 15.5 Å². The van der Waals surface area contributed by atoms with Crippen molar-refractivity contribution in [2.45, 2.75) is 45.9 Å². The van der Waals surface area contributed by atoms with E-state index in [-0.39, 0.29) is 42.1 Å². The molecule has 0 saturated carbocycles. The van der Waals surface area contributed by atoms with Gasteiger partial charge in [-0.25, -0.2) is 0 Å². The normalized spacial score (nSPS) is 19.8. The lowest BCUT2D eigenvalue weighted by molar-refractivity contribution is -0.0586. The number of hydrogen-bond acceptors (Lipinski definition) is 4. The fourth-order valence-corrected chi connectivity index (χ4v) is 4.68. The number of guanidine groups is 1. The summed E-state index contributed by atoms with van der Waals surface area (Å²) in [5.41, 5.74) is 1.82. The molecule has 1 aliphatic rings. The van der Waals surface area contributed by atoms with E-state index in [1.165, 1.54) is 4.88 Å². The van der Waals surface area contributed by atoms with E-state index in [2.05, 4.69) is 40.1 Å². The van der Waals surface area contributed by atoms with Gasteiger partial charge in [-0.1, -0.05) is 25.1 Å². The zero-order chi connectivity index (χ0) is 22.2. The first-order valence-electron chi connectivity index (χ1n) is 10.9. The van der Waals surface area contributed by atoms with Crippen molar-refractivity contribution >= 4 is 47.2 Å². The van der Waals surface area contributed by atoms with Crippen LogP contribution in [0.1, 0.15) is 41.6 Å². The minimum atomic E-state index is 0. The molecule has 2 N–H and O–H groups in total. The summed E-state index contributed by atoms with van der Waals surface area (Å²) in [5.74, 6) is 1.38. The molecule has 1 fully saturated rings. The standard InChI is InChI=1S/C24H34N4O2S.HI/c1-17(12-22-6-5-11-31-22)13-26-24(25-4)27-14-20-7-9-21(10-8-20)23(29)28-15-18(2)30-19(3)16-28;/h5-11,17-19H,12-16H2,1-4H3,(H2,25,26,27);1H. The fourth-order valence-electron chi connectivity index (χ4n) is 3.81. The minimum absolute atomic E-state index is 0. The van der Waals surface area contributed by atoms with E-state index in [9.17, 15) is 4.79 Å². The molecule has 8 heteroatoms. The average Bonchev–Trinajstić information content (AvgIpc) is 3.26. The monoisotopic (exact) mass is 570 g/mol. The van der Waals surface area contributed by atoms with Gasteiger partial charge in [-0.05, 0) is 55.3 Å². The summed E-state index contributed by atoms with van der Waals surface area (Å²) in [6.07, 6.45) is 1.21. The van der Waals surface area contributed by atoms with Crippen molar-refractivity contribution < 1.29 is 9.53 Å². The number of thiophene rings is 1. The van der Waals surface area contributed by atoms with Gasteiger partial charge in [0, 0.05) is 43.7 Å². The lowest BCUT2D eigenvalue weighted by atomic mass is 10.1. The number of carbonyl (C=O) groups is 1. The van der Waals surface area contributed by atoms with E-state index in [0.29, 0.717) is 25.6 Å². The van der Waals surface area contributed by atoms with Crippen LogP contribution in [0.3, 0.4) is 0 Å². The second-order valence-corrected chi connectivity index (χ2v) is 9.39. The summed E-state index contributed by atoms with van der Waals surface area (Å²) in [5, 5.41) is 8.88. The topological polar surface area (TPSA) is 66.0 Å². The number of hydrogen-bond donors (Lipinski definition) is 2. The van der Waals surface area contributed by atoms with E-state index >= 15 is 0 Å². The zero-order valence-electron chi connectivity index (χ0n) is 19.3. The molecule has 1 aromatic carbocycles. The van der Waals surface area contributed by atoms with Crippen LogP contribution in [-0.2, 0) is 17.7 Å². The zero-order valence-corrected chi connectivity index (χ0v) is 22.5. The van der Waals surface area contributed by atoms with Gasteiger partial charge in [0.1, 0.15) is 0 Å². The Morgan fingerprint density at radius 1 is 1.19 bits per heavy atom. The number of amides is 1. The number of nitrogens with zero attached hydrogens (tertiary/aromatic N) is 2. The van der Waals surface area contributed by atoms with Crippen LogP contribution in [0.4, 0.5) is 0 Å². The highest BCUT2D eigenvalue weighted by Gasteiger charge is 2.26.